The smallest absolute Gasteiger partial charge is 0.191 e. The van der Waals surface area contributed by atoms with Gasteiger partial charge in [-0.2, -0.15) is 0 Å². The molecule has 154 valence electrons. The number of benzene rings is 1. The van der Waals surface area contributed by atoms with E-state index in [0.29, 0.717) is 0 Å². The fourth-order valence-corrected chi connectivity index (χ4v) is 3.53. The molecule has 0 radical (unpaired) electrons. The van der Waals surface area contributed by atoms with E-state index in [1.165, 1.54) is 43.6 Å². The average Bonchev–Trinajstić information content (AvgIpc) is 3.21. The van der Waals surface area contributed by atoms with Gasteiger partial charge in [0.05, 0.1) is 6.04 Å². The molecular formula is C21H38IN5. The fourth-order valence-electron chi connectivity index (χ4n) is 3.53. The van der Waals surface area contributed by atoms with E-state index < -0.39 is 0 Å². The molecular weight excluding hydrogens is 449 g/mol. The lowest BCUT2D eigenvalue weighted by molar-refractivity contribution is 0.293. The molecule has 1 saturated heterocycles. The second kappa shape index (κ2) is 13.2. The molecule has 1 aliphatic heterocycles. The number of nitrogens with one attached hydrogen (secondary N) is 2. The highest BCUT2D eigenvalue weighted by Crippen LogP contribution is 2.23. The lowest BCUT2D eigenvalue weighted by atomic mass is 10.1. The van der Waals surface area contributed by atoms with E-state index in [2.05, 4.69) is 70.5 Å². The highest BCUT2D eigenvalue weighted by molar-refractivity contribution is 14.0. The van der Waals surface area contributed by atoms with Gasteiger partial charge in [-0.3, -0.25) is 4.99 Å². The van der Waals surface area contributed by atoms with E-state index in [1.54, 1.807) is 0 Å². The summed E-state index contributed by atoms with van der Waals surface area (Å²) >= 11 is 0. The molecule has 1 atom stereocenters. The van der Waals surface area contributed by atoms with Crippen LogP contribution in [0.3, 0.4) is 0 Å². The summed E-state index contributed by atoms with van der Waals surface area (Å²) in [7, 11) is 1.84. The van der Waals surface area contributed by atoms with Gasteiger partial charge in [-0.25, -0.2) is 0 Å². The Labute approximate surface area is 183 Å². The van der Waals surface area contributed by atoms with Crippen LogP contribution in [0.4, 0.5) is 5.69 Å². The maximum Gasteiger partial charge on any atom is 0.191 e. The van der Waals surface area contributed by atoms with Crippen molar-refractivity contribution in [2.45, 2.75) is 46.1 Å². The van der Waals surface area contributed by atoms with E-state index in [1.807, 2.05) is 7.05 Å². The Morgan fingerprint density at radius 3 is 2.59 bits per heavy atom. The van der Waals surface area contributed by atoms with Crippen LogP contribution in [-0.2, 0) is 0 Å². The predicted molar refractivity (Wildman–Crippen MR) is 129 cm³/mol. The first-order valence-corrected chi connectivity index (χ1v) is 10.2. The Morgan fingerprint density at radius 2 is 1.96 bits per heavy atom. The first-order chi connectivity index (χ1) is 12.7. The van der Waals surface area contributed by atoms with Crippen LogP contribution in [0.5, 0.6) is 0 Å². The minimum Gasteiger partial charge on any atom is -0.372 e. The van der Waals surface area contributed by atoms with Crippen LogP contribution in [-0.4, -0.2) is 57.2 Å². The second-order valence-electron chi connectivity index (χ2n) is 7.09. The minimum atomic E-state index is 0. The molecule has 27 heavy (non-hydrogen) atoms. The molecule has 1 fully saturated rings. The summed E-state index contributed by atoms with van der Waals surface area (Å²) in [4.78, 5) is 9.33. The quantitative estimate of drug-likeness (QED) is 0.316. The molecule has 0 amide bonds. The summed E-state index contributed by atoms with van der Waals surface area (Å²) in [5.74, 6) is 0.872. The van der Waals surface area contributed by atoms with Gasteiger partial charge >= 0.3 is 0 Å². The van der Waals surface area contributed by atoms with Crippen molar-refractivity contribution in [3.63, 3.8) is 0 Å². The number of anilines is 1. The van der Waals surface area contributed by atoms with Crippen molar-refractivity contribution in [1.82, 2.24) is 15.5 Å². The number of aliphatic imine (C=N–C) groups is 1. The van der Waals surface area contributed by atoms with E-state index in [9.17, 15) is 0 Å². The van der Waals surface area contributed by atoms with Crippen LogP contribution in [0, 0.1) is 0 Å². The lowest BCUT2D eigenvalue weighted by Crippen LogP contribution is -2.42. The number of rotatable bonds is 9. The van der Waals surface area contributed by atoms with Crippen molar-refractivity contribution in [3.8, 4) is 0 Å². The summed E-state index contributed by atoms with van der Waals surface area (Å²) < 4.78 is 0. The summed E-state index contributed by atoms with van der Waals surface area (Å²) in [5, 5.41) is 6.98. The van der Waals surface area contributed by atoms with Crippen molar-refractivity contribution in [2.75, 3.05) is 51.2 Å². The number of nitrogens with zero attached hydrogens (tertiary/aromatic N) is 3. The van der Waals surface area contributed by atoms with E-state index in [0.717, 1.165) is 32.1 Å². The van der Waals surface area contributed by atoms with Crippen LogP contribution in [0.15, 0.2) is 29.3 Å². The fraction of sp³-hybridized carbons (Fsp3) is 0.667. The molecule has 6 heteroatoms. The number of hydrogen-bond donors (Lipinski definition) is 2. The van der Waals surface area contributed by atoms with Gasteiger partial charge in [0.2, 0.25) is 0 Å². The minimum absolute atomic E-state index is 0. The first kappa shape index (κ1) is 24.0. The normalized spacial score (nSPS) is 15.6. The van der Waals surface area contributed by atoms with Crippen molar-refractivity contribution in [1.29, 1.82) is 0 Å². The molecule has 1 unspecified atom stereocenters. The largest absolute Gasteiger partial charge is 0.372 e. The lowest BCUT2D eigenvalue weighted by Gasteiger charge is -2.23. The maximum atomic E-state index is 4.39. The summed E-state index contributed by atoms with van der Waals surface area (Å²) in [6.07, 6.45) is 3.81. The standard InChI is InChI=1S/C21H37N5.HI/c1-5-13-25(6-2)16-12-23-21(22-4)24-18(3)19-10-9-11-20(17-19)26-14-7-8-15-26;/h9-11,17-18H,5-8,12-16H2,1-4H3,(H2,22,23,24);1H. The number of hydrogen-bond acceptors (Lipinski definition) is 3. The van der Waals surface area contributed by atoms with Crippen LogP contribution < -0.4 is 15.5 Å². The molecule has 0 saturated carbocycles. The van der Waals surface area contributed by atoms with Crippen LogP contribution in [0.1, 0.15) is 51.6 Å². The molecule has 1 heterocycles. The maximum absolute atomic E-state index is 4.39. The molecule has 0 aromatic heterocycles. The predicted octanol–water partition coefficient (Wildman–Crippen LogP) is 3.86. The highest BCUT2D eigenvalue weighted by atomic mass is 127. The molecule has 0 spiro atoms. The van der Waals surface area contributed by atoms with E-state index in [-0.39, 0.29) is 30.0 Å². The third kappa shape index (κ3) is 7.86. The Balaban J connectivity index is 0.00000364. The van der Waals surface area contributed by atoms with Crippen molar-refractivity contribution < 1.29 is 0 Å². The Bertz CT molecular complexity index is 557. The van der Waals surface area contributed by atoms with Gasteiger partial charge in [0.1, 0.15) is 0 Å². The van der Waals surface area contributed by atoms with Crippen molar-refractivity contribution in [2.24, 2.45) is 4.99 Å². The molecule has 2 N–H and O–H groups in total. The summed E-state index contributed by atoms with van der Waals surface area (Å²) in [5.41, 5.74) is 2.65. The molecule has 1 aliphatic rings. The Morgan fingerprint density at radius 1 is 1.22 bits per heavy atom. The zero-order valence-corrected chi connectivity index (χ0v) is 19.8. The van der Waals surface area contributed by atoms with Gasteiger partial charge in [-0.1, -0.05) is 26.0 Å². The van der Waals surface area contributed by atoms with Gasteiger partial charge in [-0.05, 0) is 57.0 Å². The van der Waals surface area contributed by atoms with Gasteiger partial charge in [0.15, 0.2) is 5.96 Å². The third-order valence-corrected chi connectivity index (χ3v) is 5.13. The highest BCUT2D eigenvalue weighted by Gasteiger charge is 2.14. The molecule has 0 aliphatic carbocycles. The van der Waals surface area contributed by atoms with Crippen molar-refractivity contribution in [3.05, 3.63) is 29.8 Å². The van der Waals surface area contributed by atoms with E-state index >= 15 is 0 Å². The third-order valence-electron chi connectivity index (χ3n) is 5.13. The molecule has 2 rings (SSSR count). The molecule has 0 bridgehead atoms. The monoisotopic (exact) mass is 487 g/mol. The van der Waals surface area contributed by atoms with Gasteiger partial charge in [0.25, 0.3) is 0 Å². The number of halogens is 1. The molecule has 1 aromatic carbocycles. The molecule has 5 nitrogen and oxygen atoms in total. The number of likely N-dealkylation sites (N-methyl/N-ethyl adjacent to an activating group) is 1. The summed E-state index contributed by atoms with van der Waals surface area (Å²) in [6.45, 7) is 13.2. The van der Waals surface area contributed by atoms with Crippen LogP contribution in [0.2, 0.25) is 0 Å². The Kier molecular flexibility index (Phi) is 11.7. The van der Waals surface area contributed by atoms with Crippen LogP contribution >= 0.6 is 24.0 Å². The number of guanidine groups is 1. The van der Waals surface area contributed by atoms with Crippen LogP contribution in [0.25, 0.3) is 0 Å². The SMILES string of the molecule is CCCN(CC)CCNC(=NC)NC(C)c1cccc(N2CCCC2)c1.I. The molecule has 1 aromatic rings. The van der Waals surface area contributed by atoms with Gasteiger partial charge in [0, 0.05) is 38.9 Å². The first-order valence-electron chi connectivity index (χ1n) is 10.2. The topological polar surface area (TPSA) is 42.9 Å². The average molecular weight is 487 g/mol. The summed E-state index contributed by atoms with van der Waals surface area (Å²) in [6, 6.07) is 9.13. The second-order valence-corrected chi connectivity index (χ2v) is 7.09. The Hall–Kier alpha value is -1.02. The van der Waals surface area contributed by atoms with Gasteiger partial charge < -0.3 is 20.4 Å². The zero-order chi connectivity index (χ0) is 18.8. The van der Waals surface area contributed by atoms with Gasteiger partial charge in [-0.15, -0.1) is 24.0 Å². The zero-order valence-electron chi connectivity index (χ0n) is 17.5. The van der Waals surface area contributed by atoms with E-state index in [4.69, 9.17) is 0 Å². The van der Waals surface area contributed by atoms with Crippen molar-refractivity contribution >= 4 is 35.6 Å².